The molecule has 0 saturated carbocycles. The van der Waals surface area contributed by atoms with Gasteiger partial charge in [0.15, 0.2) is 0 Å². The van der Waals surface area contributed by atoms with Gasteiger partial charge in [-0.25, -0.2) is 8.78 Å². The molecule has 1 unspecified atom stereocenters. The van der Waals surface area contributed by atoms with Crippen LogP contribution < -0.4 is 11.1 Å². The molecule has 3 N–H and O–H groups in total. The number of nitrogens with one attached hydrogen (secondary N) is 1. The van der Waals surface area contributed by atoms with E-state index in [0.29, 0.717) is 25.5 Å². The molecule has 0 bridgehead atoms. The number of hydrogen-bond acceptors (Lipinski definition) is 3. The lowest BCUT2D eigenvalue weighted by atomic mass is 10.1. The summed E-state index contributed by atoms with van der Waals surface area (Å²) in [6.07, 6.45) is 1.05. The molecule has 1 rings (SSSR count). The first-order valence-electron chi connectivity index (χ1n) is 5.65. The molecule has 106 valence electrons. The predicted octanol–water partition coefficient (Wildman–Crippen LogP) is 2.42. The molecule has 0 aliphatic carbocycles. The van der Waals surface area contributed by atoms with Crippen LogP contribution >= 0.6 is 15.9 Å². The van der Waals surface area contributed by atoms with Gasteiger partial charge in [-0.1, -0.05) is 0 Å². The minimum absolute atomic E-state index is 0.0668. The number of carbonyl (C=O) groups is 1. The third-order valence-electron chi connectivity index (χ3n) is 2.47. The zero-order valence-corrected chi connectivity index (χ0v) is 12.0. The second kappa shape index (κ2) is 7.52. The predicted molar refractivity (Wildman–Crippen MR) is 71.8 cm³/mol. The standard InChI is InChI=1S/C12H15BrF2N2O2/c1-19-4-2-3-10(16)12(18)17-11-5-7(13)8(14)6-9(11)15/h5-6,10H,2-4,16H2,1H3,(H,17,18). The van der Waals surface area contributed by atoms with Gasteiger partial charge in [-0.15, -0.1) is 0 Å². The molecule has 1 aromatic rings. The molecule has 1 amide bonds. The molecule has 1 aromatic carbocycles. The Morgan fingerprint density at radius 2 is 2.16 bits per heavy atom. The fourth-order valence-corrected chi connectivity index (χ4v) is 1.77. The van der Waals surface area contributed by atoms with Gasteiger partial charge in [0.2, 0.25) is 5.91 Å². The van der Waals surface area contributed by atoms with Crippen LogP contribution in [0.3, 0.4) is 0 Å². The summed E-state index contributed by atoms with van der Waals surface area (Å²) >= 11 is 2.92. The first-order chi connectivity index (χ1) is 8.95. The largest absolute Gasteiger partial charge is 0.385 e. The number of nitrogens with two attached hydrogens (primary N) is 1. The first kappa shape index (κ1) is 16.0. The average molecular weight is 337 g/mol. The molecule has 0 spiro atoms. The van der Waals surface area contributed by atoms with E-state index in [1.54, 1.807) is 7.11 Å². The monoisotopic (exact) mass is 336 g/mol. The number of anilines is 1. The number of ether oxygens (including phenoxy) is 1. The maximum absolute atomic E-state index is 13.4. The van der Waals surface area contributed by atoms with E-state index < -0.39 is 23.6 Å². The minimum Gasteiger partial charge on any atom is -0.385 e. The maximum Gasteiger partial charge on any atom is 0.241 e. The van der Waals surface area contributed by atoms with Gasteiger partial charge in [0.1, 0.15) is 11.6 Å². The van der Waals surface area contributed by atoms with E-state index in [1.807, 2.05) is 0 Å². The van der Waals surface area contributed by atoms with Gasteiger partial charge in [0.25, 0.3) is 0 Å². The Morgan fingerprint density at radius 3 is 2.79 bits per heavy atom. The Balaban J connectivity index is 2.64. The summed E-state index contributed by atoms with van der Waals surface area (Å²) in [5.74, 6) is -2.11. The number of rotatable bonds is 6. The van der Waals surface area contributed by atoms with E-state index in [4.69, 9.17) is 10.5 Å². The normalized spacial score (nSPS) is 12.3. The van der Waals surface area contributed by atoms with Crippen molar-refractivity contribution in [2.45, 2.75) is 18.9 Å². The molecule has 0 aliphatic rings. The molecule has 0 heterocycles. The number of carbonyl (C=O) groups excluding carboxylic acids is 1. The summed E-state index contributed by atoms with van der Waals surface area (Å²) < 4.78 is 31.4. The van der Waals surface area contributed by atoms with Gasteiger partial charge in [0, 0.05) is 19.8 Å². The lowest BCUT2D eigenvalue weighted by molar-refractivity contribution is -0.117. The lowest BCUT2D eigenvalue weighted by Crippen LogP contribution is -2.36. The van der Waals surface area contributed by atoms with Crippen LogP contribution in [0.4, 0.5) is 14.5 Å². The highest BCUT2D eigenvalue weighted by atomic mass is 79.9. The Kier molecular flexibility index (Phi) is 6.33. The Hall–Kier alpha value is -1.05. The molecule has 0 aromatic heterocycles. The Labute approximate surface area is 118 Å². The molecule has 4 nitrogen and oxygen atoms in total. The summed E-state index contributed by atoms with van der Waals surface area (Å²) in [5.41, 5.74) is 5.54. The Bertz CT molecular complexity index is 458. The third-order valence-corrected chi connectivity index (χ3v) is 3.08. The molecule has 0 fully saturated rings. The van der Waals surface area contributed by atoms with Crippen LogP contribution in [-0.4, -0.2) is 25.7 Å². The molecule has 0 aliphatic heterocycles. The van der Waals surface area contributed by atoms with Crippen LogP contribution in [0.25, 0.3) is 0 Å². The van der Waals surface area contributed by atoms with Crippen LogP contribution in [0.2, 0.25) is 0 Å². The van der Waals surface area contributed by atoms with E-state index in [0.717, 1.165) is 6.07 Å². The minimum atomic E-state index is -0.849. The van der Waals surface area contributed by atoms with Gasteiger partial charge in [-0.05, 0) is 34.8 Å². The molecule has 0 radical (unpaired) electrons. The van der Waals surface area contributed by atoms with Crippen molar-refractivity contribution in [3.05, 3.63) is 28.2 Å². The van der Waals surface area contributed by atoms with Crippen molar-refractivity contribution < 1.29 is 18.3 Å². The zero-order chi connectivity index (χ0) is 14.4. The smallest absolute Gasteiger partial charge is 0.241 e. The fraction of sp³-hybridized carbons (Fsp3) is 0.417. The highest BCUT2D eigenvalue weighted by molar-refractivity contribution is 9.10. The topological polar surface area (TPSA) is 64.3 Å². The van der Waals surface area contributed by atoms with Crippen molar-refractivity contribution in [3.8, 4) is 0 Å². The van der Waals surface area contributed by atoms with Crippen molar-refractivity contribution in [1.82, 2.24) is 0 Å². The SMILES string of the molecule is COCCCC(N)C(=O)Nc1cc(Br)c(F)cc1F. The van der Waals surface area contributed by atoms with E-state index in [2.05, 4.69) is 21.2 Å². The third kappa shape index (κ3) is 4.85. The van der Waals surface area contributed by atoms with Gasteiger partial charge < -0.3 is 15.8 Å². The number of amides is 1. The van der Waals surface area contributed by atoms with Crippen molar-refractivity contribution in [2.75, 3.05) is 19.0 Å². The van der Waals surface area contributed by atoms with Crippen LogP contribution in [-0.2, 0) is 9.53 Å². The van der Waals surface area contributed by atoms with Crippen molar-refractivity contribution in [1.29, 1.82) is 0 Å². The molecule has 19 heavy (non-hydrogen) atoms. The molecular weight excluding hydrogens is 322 g/mol. The second-order valence-electron chi connectivity index (χ2n) is 3.98. The maximum atomic E-state index is 13.4. The molecule has 0 saturated heterocycles. The highest BCUT2D eigenvalue weighted by Crippen LogP contribution is 2.23. The van der Waals surface area contributed by atoms with Crippen LogP contribution in [0.5, 0.6) is 0 Å². The highest BCUT2D eigenvalue weighted by Gasteiger charge is 2.16. The van der Waals surface area contributed by atoms with Crippen LogP contribution in [0.15, 0.2) is 16.6 Å². The fourth-order valence-electron chi connectivity index (χ4n) is 1.42. The average Bonchev–Trinajstić information content (AvgIpc) is 2.36. The lowest BCUT2D eigenvalue weighted by Gasteiger charge is -2.13. The quantitative estimate of drug-likeness (QED) is 0.619. The van der Waals surface area contributed by atoms with Crippen LogP contribution in [0.1, 0.15) is 12.8 Å². The summed E-state index contributed by atoms with van der Waals surface area (Å²) in [5, 5.41) is 2.33. The van der Waals surface area contributed by atoms with E-state index in [1.165, 1.54) is 0 Å². The van der Waals surface area contributed by atoms with Crippen molar-refractivity contribution in [2.24, 2.45) is 5.73 Å². The summed E-state index contributed by atoms with van der Waals surface area (Å²) in [7, 11) is 1.55. The first-order valence-corrected chi connectivity index (χ1v) is 6.45. The zero-order valence-electron chi connectivity index (χ0n) is 10.4. The number of hydrogen-bond donors (Lipinski definition) is 2. The molecular formula is C12H15BrF2N2O2. The Morgan fingerprint density at radius 1 is 1.47 bits per heavy atom. The van der Waals surface area contributed by atoms with Crippen LogP contribution in [0, 0.1) is 11.6 Å². The van der Waals surface area contributed by atoms with E-state index >= 15 is 0 Å². The van der Waals surface area contributed by atoms with E-state index in [9.17, 15) is 13.6 Å². The van der Waals surface area contributed by atoms with Gasteiger partial charge in [-0.3, -0.25) is 4.79 Å². The number of methoxy groups -OCH3 is 1. The van der Waals surface area contributed by atoms with Gasteiger partial charge >= 0.3 is 0 Å². The molecule has 7 heteroatoms. The summed E-state index contributed by atoms with van der Waals surface area (Å²) in [4.78, 5) is 11.7. The van der Waals surface area contributed by atoms with Gasteiger partial charge in [0.05, 0.1) is 16.2 Å². The number of halogens is 3. The van der Waals surface area contributed by atoms with Gasteiger partial charge in [-0.2, -0.15) is 0 Å². The number of benzene rings is 1. The second-order valence-corrected chi connectivity index (χ2v) is 4.83. The molecule has 1 atom stereocenters. The summed E-state index contributed by atoms with van der Waals surface area (Å²) in [6.45, 7) is 0.497. The summed E-state index contributed by atoms with van der Waals surface area (Å²) in [6, 6.07) is 1.08. The van der Waals surface area contributed by atoms with Crippen molar-refractivity contribution >= 4 is 27.5 Å². The van der Waals surface area contributed by atoms with Crippen molar-refractivity contribution in [3.63, 3.8) is 0 Å². The van der Waals surface area contributed by atoms with E-state index in [-0.39, 0.29) is 10.2 Å².